The molecule has 1 saturated heterocycles. The van der Waals surface area contributed by atoms with E-state index in [4.69, 9.17) is 9.47 Å². The van der Waals surface area contributed by atoms with Crippen molar-refractivity contribution in [3.8, 4) is 0 Å². The predicted octanol–water partition coefficient (Wildman–Crippen LogP) is 1.73. The van der Waals surface area contributed by atoms with Crippen molar-refractivity contribution in [2.45, 2.75) is 26.0 Å². The van der Waals surface area contributed by atoms with E-state index in [2.05, 4.69) is 17.2 Å². The summed E-state index contributed by atoms with van der Waals surface area (Å²) in [6, 6.07) is 0. The molecule has 90 valence electrons. The van der Waals surface area contributed by atoms with E-state index in [1.165, 1.54) is 4.88 Å². The fourth-order valence-corrected chi connectivity index (χ4v) is 2.49. The van der Waals surface area contributed by atoms with Crippen molar-refractivity contribution < 1.29 is 9.47 Å². The second-order valence-corrected chi connectivity index (χ2v) is 4.92. The summed E-state index contributed by atoms with van der Waals surface area (Å²) in [5, 5.41) is 4.40. The molecule has 1 aliphatic rings. The molecule has 1 N–H and O–H groups in total. The molecule has 1 unspecified atom stereocenters. The van der Waals surface area contributed by atoms with Gasteiger partial charge in [-0.1, -0.05) is 6.92 Å². The molecule has 2 rings (SSSR count). The zero-order valence-electron chi connectivity index (χ0n) is 9.57. The normalized spacial score (nSPS) is 21.2. The minimum atomic E-state index is 0.0404. The van der Waals surface area contributed by atoms with Crippen LogP contribution in [0.15, 0.2) is 6.20 Å². The maximum absolute atomic E-state index is 5.61. The summed E-state index contributed by atoms with van der Waals surface area (Å²) in [7, 11) is 0. The van der Waals surface area contributed by atoms with Crippen LogP contribution in [0.2, 0.25) is 0 Å². The zero-order chi connectivity index (χ0) is 11.2. The minimum Gasteiger partial charge on any atom is -0.376 e. The molecule has 0 bridgehead atoms. The SMILES string of the molecule is CCCNCc1cnc(C2COCCO2)s1. The second kappa shape index (κ2) is 6.30. The first-order valence-electron chi connectivity index (χ1n) is 5.75. The quantitative estimate of drug-likeness (QED) is 0.799. The Morgan fingerprint density at radius 1 is 1.56 bits per heavy atom. The van der Waals surface area contributed by atoms with Gasteiger partial charge in [-0.25, -0.2) is 4.98 Å². The van der Waals surface area contributed by atoms with Crippen LogP contribution < -0.4 is 5.32 Å². The van der Waals surface area contributed by atoms with Gasteiger partial charge < -0.3 is 14.8 Å². The summed E-state index contributed by atoms with van der Waals surface area (Å²) in [6.45, 7) is 6.13. The molecule has 16 heavy (non-hydrogen) atoms. The molecule has 4 nitrogen and oxygen atoms in total. The molecule has 0 radical (unpaired) electrons. The monoisotopic (exact) mass is 242 g/mol. The molecule has 1 aliphatic heterocycles. The van der Waals surface area contributed by atoms with Crippen molar-refractivity contribution in [1.82, 2.24) is 10.3 Å². The van der Waals surface area contributed by atoms with E-state index < -0.39 is 0 Å². The number of hydrogen-bond donors (Lipinski definition) is 1. The third kappa shape index (κ3) is 3.25. The zero-order valence-corrected chi connectivity index (χ0v) is 10.4. The highest BCUT2D eigenvalue weighted by Gasteiger charge is 2.19. The van der Waals surface area contributed by atoms with E-state index in [1.807, 2.05) is 6.20 Å². The first-order valence-corrected chi connectivity index (χ1v) is 6.56. The smallest absolute Gasteiger partial charge is 0.132 e. The van der Waals surface area contributed by atoms with Gasteiger partial charge in [0.25, 0.3) is 0 Å². The molecule has 5 heteroatoms. The Hall–Kier alpha value is -0.490. The van der Waals surface area contributed by atoms with Crippen molar-refractivity contribution >= 4 is 11.3 Å². The van der Waals surface area contributed by atoms with Crippen LogP contribution in [0.4, 0.5) is 0 Å². The Balaban J connectivity index is 1.85. The Bertz CT molecular complexity index is 311. The van der Waals surface area contributed by atoms with Gasteiger partial charge in [-0.2, -0.15) is 0 Å². The van der Waals surface area contributed by atoms with Gasteiger partial charge in [0.15, 0.2) is 0 Å². The van der Waals surface area contributed by atoms with Crippen LogP contribution in [0, 0.1) is 0 Å². The van der Waals surface area contributed by atoms with Gasteiger partial charge in [0.2, 0.25) is 0 Å². The number of hydrogen-bond acceptors (Lipinski definition) is 5. The molecule has 1 aromatic rings. The lowest BCUT2D eigenvalue weighted by atomic mass is 10.4. The third-order valence-corrected chi connectivity index (χ3v) is 3.48. The lowest BCUT2D eigenvalue weighted by Gasteiger charge is -2.20. The Morgan fingerprint density at radius 2 is 2.50 bits per heavy atom. The van der Waals surface area contributed by atoms with Crippen molar-refractivity contribution in [3.05, 3.63) is 16.1 Å². The van der Waals surface area contributed by atoms with Crippen molar-refractivity contribution in [2.75, 3.05) is 26.4 Å². The maximum atomic E-state index is 5.61. The lowest BCUT2D eigenvalue weighted by molar-refractivity contribution is -0.0901. The Kier molecular flexibility index (Phi) is 4.71. The fourth-order valence-electron chi connectivity index (χ4n) is 1.57. The highest BCUT2D eigenvalue weighted by atomic mass is 32.1. The molecule has 0 saturated carbocycles. The van der Waals surface area contributed by atoms with Crippen LogP contribution >= 0.6 is 11.3 Å². The second-order valence-electron chi connectivity index (χ2n) is 3.78. The first-order chi connectivity index (χ1) is 7.90. The summed E-state index contributed by atoms with van der Waals surface area (Å²) in [4.78, 5) is 5.65. The highest BCUT2D eigenvalue weighted by molar-refractivity contribution is 7.11. The van der Waals surface area contributed by atoms with Gasteiger partial charge in [0.1, 0.15) is 11.1 Å². The lowest BCUT2D eigenvalue weighted by Crippen LogP contribution is -2.21. The number of nitrogens with zero attached hydrogens (tertiary/aromatic N) is 1. The highest BCUT2D eigenvalue weighted by Crippen LogP contribution is 2.25. The van der Waals surface area contributed by atoms with Gasteiger partial charge in [-0.15, -0.1) is 11.3 Å². The number of ether oxygens (including phenoxy) is 2. The summed E-state index contributed by atoms with van der Waals surface area (Å²) >= 11 is 1.71. The summed E-state index contributed by atoms with van der Waals surface area (Å²) in [5.41, 5.74) is 0. The average molecular weight is 242 g/mol. The molecular formula is C11H18N2O2S. The van der Waals surface area contributed by atoms with Crippen LogP contribution in [0.25, 0.3) is 0 Å². The van der Waals surface area contributed by atoms with E-state index in [1.54, 1.807) is 11.3 Å². The largest absolute Gasteiger partial charge is 0.376 e. The Labute approximate surface area is 100.0 Å². The van der Waals surface area contributed by atoms with E-state index in [0.717, 1.165) is 24.5 Å². The van der Waals surface area contributed by atoms with Crippen LogP contribution in [0.3, 0.4) is 0 Å². The number of thiazole rings is 1. The molecule has 0 aliphatic carbocycles. The van der Waals surface area contributed by atoms with Gasteiger partial charge in [0.05, 0.1) is 19.8 Å². The topological polar surface area (TPSA) is 43.4 Å². The van der Waals surface area contributed by atoms with Gasteiger partial charge in [-0.3, -0.25) is 0 Å². The summed E-state index contributed by atoms with van der Waals surface area (Å²) < 4.78 is 11.0. The molecule has 0 amide bonds. The van der Waals surface area contributed by atoms with E-state index in [-0.39, 0.29) is 6.10 Å². The number of nitrogens with one attached hydrogen (secondary N) is 1. The van der Waals surface area contributed by atoms with Crippen LogP contribution in [-0.2, 0) is 16.0 Å². The molecule has 2 heterocycles. The van der Waals surface area contributed by atoms with Crippen LogP contribution in [-0.4, -0.2) is 31.3 Å². The number of rotatable bonds is 5. The average Bonchev–Trinajstić information content (AvgIpc) is 2.79. The minimum absolute atomic E-state index is 0.0404. The molecule has 1 fully saturated rings. The predicted molar refractivity (Wildman–Crippen MR) is 63.6 cm³/mol. The summed E-state index contributed by atoms with van der Waals surface area (Å²) in [5.74, 6) is 0. The van der Waals surface area contributed by atoms with E-state index >= 15 is 0 Å². The molecule has 1 aromatic heterocycles. The molecule has 0 aromatic carbocycles. The Morgan fingerprint density at radius 3 is 3.25 bits per heavy atom. The van der Waals surface area contributed by atoms with Crippen LogP contribution in [0.1, 0.15) is 29.3 Å². The molecule has 0 spiro atoms. The molecular weight excluding hydrogens is 224 g/mol. The van der Waals surface area contributed by atoms with Gasteiger partial charge in [0, 0.05) is 17.6 Å². The van der Waals surface area contributed by atoms with Crippen molar-refractivity contribution in [2.24, 2.45) is 0 Å². The van der Waals surface area contributed by atoms with Gasteiger partial charge >= 0.3 is 0 Å². The van der Waals surface area contributed by atoms with Crippen molar-refractivity contribution in [1.29, 1.82) is 0 Å². The van der Waals surface area contributed by atoms with Gasteiger partial charge in [-0.05, 0) is 13.0 Å². The third-order valence-electron chi connectivity index (χ3n) is 2.39. The number of aromatic nitrogens is 1. The van der Waals surface area contributed by atoms with Crippen LogP contribution in [0.5, 0.6) is 0 Å². The molecule has 1 atom stereocenters. The van der Waals surface area contributed by atoms with E-state index in [9.17, 15) is 0 Å². The first kappa shape index (κ1) is 12.0. The maximum Gasteiger partial charge on any atom is 0.132 e. The van der Waals surface area contributed by atoms with Crippen molar-refractivity contribution in [3.63, 3.8) is 0 Å². The summed E-state index contributed by atoms with van der Waals surface area (Å²) in [6.07, 6.45) is 3.13. The van der Waals surface area contributed by atoms with E-state index in [0.29, 0.717) is 19.8 Å². The standard InChI is InChI=1S/C11H18N2O2S/c1-2-3-12-6-9-7-13-11(16-9)10-8-14-4-5-15-10/h7,10,12H,2-6,8H2,1H3. The fraction of sp³-hybridized carbons (Fsp3) is 0.727.